The van der Waals surface area contributed by atoms with Crippen molar-refractivity contribution in [1.29, 1.82) is 0 Å². The minimum atomic E-state index is -3.25. The van der Waals surface area contributed by atoms with Crippen molar-refractivity contribution in [2.75, 3.05) is 44.3 Å². The van der Waals surface area contributed by atoms with Crippen molar-refractivity contribution in [1.82, 2.24) is 4.90 Å². The third kappa shape index (κ3) is 5.11. The normalized spacial score (nSPS) is 11.8. The van der Waals surface area contributed by atoms with Gasteiger partial charge in [0.15, 0.2) is 0 Å². The Labute approximate surface area is 122 Å². The molecule has 0 atom stereocenters. The van der Waals surface area contributed by atoms with Crippen LogP contribution in [-0.2, 0) is 16.4 Å². The second kappa shape index (κ2) is 7.61. The monoisotopic (exact) mass is 299 g/mol. The smallest absolute Gasteiger partial charge is 0.234 e. The number of anilines is 1. The average Bonchev–Trinajstić information content (AvgIpc) is 2.38. The maximum Gasteiger partial charge on any atom is 0.234 e. The van der Waals surface area contributed by atoms with Crippen LogP contribution in [0.15, 0.2) is 24.3 Å². The summed E-state index contributed by atoms with van der Waals surface area (Å²) >= 11 is 0. The molecule has 0 unspecified atom stereocenters. The molecule has 1 rings (SSSR count). The first kappa shape index (κ1) is 16.9. The van der Waals surface area contributed by atoms with Crippen LogP contribution in [0.2, 0.25) is 0 Å². The molecule has 2 N–H and O–H groups in total. The van der Waals surface area contributed by atoms with E-state index in [-0.39, 0.29) is 5.75 Å². The van der Waals surface area contributed by atoms with Gasteiger partial charge in [-0.15, -0.1) is 0 Å². The van der Waals surface area contributed by atoms with Crippen LogP contribution in [0.1, 0.15) is 12.0 Å². The fraction of sp³-hybridized carbons (Fsp3) is 0.571. The second-order valence-corrected chi connectivity index (χ2v) is 7.27. The van der Waals surface area contributed by atoms with Gasteiger partial charge in [0.2, 0.25) is 10.0 Å². The molecule has 1 aromatic carbocycles. The number of hydrogen-bond acceptors (Lipinski definition) is 4. The lowest BCUT2D eigenvalue weighted by molar-refractivity contribution is 0.408. The van der Waals surface area contributed by atoms with Crippen LogP contribution in [-0.4, -0.2) is 53.3 Å². The molecule has 0 bridgehead atoms. The van der Waals surface area contributed by atoms with Crippen LogP contribution in [0, 0.1) is 0 Å². The van der Waals surface area contributed by atoms with Crippen molar-refractivity contribution >= 4 is 15.7 Å². The first-order valence-electron chi connectivity index (χ1n) is 6.77. The highest BCUT2D eigenvalue weighted by Gasteiger charge is 2.17. The standard InChI is InChI=1S/C14H25N3O2S/c1-16(2)11-4-12-20(18,19)17(3)14-7-5-13(6-8-14)9-10-15/h5-8H,4,9-12,15H2,1-3H3. The van der Waals surface area contributed by atoms with Gasteiger partial charge in [-0.1, -0.05) is 12.1 Å². The van der Waals surface area contributed by atoms with Crippen LogP contribution in [0.25, 0.3) is 0 Å². The van der Waals surface area contributed by atoms with Gasteiger partial charge < -0.3 is 10.6 Å². The molecular formula is C14H25N3O2S. The van der Waals surface area contributed by atoms with Crippen molar-refractivity contribution in [3.05, 3.63) is 29.8 Å². The summed E-state index contributed by atoms with van der Waals surface area (Å²) in [4.78, 5) is 1.98. The minimum absolute atomic E-state index is 0.159. The van der Waals surface area contributed by atoms with Crippen molar-refractivity contribution in [2.45, 2.75) is 12.8 Å². The van der Waals surface area contributed by atoms with E-state index < -0.39 is 10.0 Å². The van der Waals surface area contributed by atoms with Crippen molar-refractivity contribution in [3.8, 4) is 0 Å². The maximum absolute atomic E-state index is 12.2. The van der Waals surface area contributed by atoms with Gasteiger partial charge in [0.25, 0.3) is 0 Å². The summed E-state index contributed by atoms with van der Waals surface area (Å²) in [6.45, 7) is 1.36. The largest absolute Gasteiger partial charge is 0.330 e. The Kier molecular flexibility index (Phi) is 6.45. The van der Waals surface area contributed by atoms with E-state index in [2.05, 4.69) is 0 Å². The zero-order chi connectivity index (χ0) is 15.2. The summed E-state index contributed by atoms with van der Waals surface area (Å²) in [5.41, 5.74) is 7.31. The number of benzene rings is 1. The summed E-state index contributed by atoms with van der Waals surface area (Å²) < 4.78 is 25.8. The van der Waals surface area contributed by atoms with Gasteiger partial charge in [0.05, 0.1) is 11.4 Å². The average molecular weight is 299 g/mol. The number of sulfonamides is 1. The SMILES string of the molecule is CN(C)CCCS(=O)(=O)N(C)c1ccc(CCN)cc1. The summed E-state index contributed by atoms with van der Waals surface area (Å²) in [5.74, 6) is 0.159. The Bertz CT molecular complexity index is 498. The van der Waals surface area contributed by atoms with Gasteiger partial charge >= 0.3 is 0 Å². The molecule has 0 spiro atoms. The molecule has 0 heterocycles. The van der Waals surface area contributed by atoms with E-state index in [0.717, 1.165) is 18.5 Å². The molecule has 0 saturated carbocycles. The van der Waals surface area contributed by atoms with E-state index in [1.54, 1.807) is 7.05 Å². The lowest BCUT2D eigenvalue weighted by atomic mass is 10.1. The number of rotatable bonds is 8. The molecule has 0 aliphatic rings. The van der Waals surface area contributed by atoms with Gasteiger partial charge in [-0.2, -0.15) is 0 Å². The van der Waals surface area contributed by atoms with E-state index in [1.165, 1.54) is 4.31 Å². The van der Waals surface area contributed by atoms with Gasteiger partial charge in [-0.3, -0.25) is 4.31 Å². The zero-order valence-electron chi connectivity index (χ0n) is 12.5. The summed E-state index contributed by atoms with van der Waals surface area (Å²) in [7, 11) is 2.22. The third-order valence-corrected chi connectivity index (χ3v) is 5.01. The zero-order valence-corrected chi connectivity index (χ0v) is 13.4. The van der Waals surface area contributed by atoms with Crippen LogP contribution in [0.3, 0.4) is 0 Å². The molecule has 1 aromatic rings. The molecule has 6 heteroatoms. The number of hydrogen-bond donors (Lipinski definition) is 1. The summed E-state index contributed by atoms with van der Waals surface area (Å²) in [6.07, 6.45) is 1.44. The Morgan fingerprint density at radius 1 is 1.10 bits per heavy atom. The van der Waals surface area contributed by atoms with Crippen molar-refractivity contribution in [3.63, 3.8) is 0 Å². The summed E-state index contributed by atoms with van der Waals surface area (Å²) in [6, 6.07) is 7.51. The Morgan fingerprint density at radius 3 is 2.20 bits per heavy atom. The molecule has 0 aliphatic carbocycles. The quantitative estimate of drug-likeness (QED) is 0.775. The van der Waals surface area contributed by atoms with E-state index in [4.69, 9.17) is 5.73 Å². The van der Waals surface area contributed by atoms with E-state index in [1.807, 2.05) is 43.3 Å². The van der Waals surface area contributed by atoms with E-state index >= 15 is 0 Å². The van der Waals surface area contributed by atoms with Crippen LogP contribution < -0.4 is 10.0 Å². The van der Waals surface area contributed by atoms with Crippen LogP contribution in [0.5, 0.6) is 0 Å². The predicted molar refractivity (Wildman–Crippen MR) is 84.6 cm³/mol. The molecule has 0 aliphatic heterocycles. The first-order chi connectivity index (χ1) is 9.36. The van der Waals surface area contributed by atoms with Gasteiger partial charge in [0.1, 0.15) is 0 Å². The van der Waals surface area contributed by atoms with E-state index in [0.29, 0.717) is 18.7 Å². The van der Waals surface area contributed by atoms with Crippen LogP contribution in [0.4, 0.5) is 5.69 Å². The van der Waals surface area contributed by atoms with Gasteiger partial charge in [0, 0.05) is 7.05 Å². The van der Waals surface area contributed by atoms with Gasteiger partial charge in [-0.25, -0.2) is 8.42 Å². The molecule has 0 fully saturated rings. The molecule has 0 aromatic heterocycles. The van der Waals surface area contributed by atoms with Crippen molar-refractivity contribution in [2.24, 2.45) is 5.73 Å². The lowest BCUT2D eigenvalue weighted by Crippen LogP contribution is -2.30. The lowest BCUT2D eigenvalue weighted by Gasteiger charge is -2.20. The Balaban J connectivity index is 2.69. The first-order valence-corrected chi connectivity index (χ1v) is 8.38. The highest BCUT2D eigenvalue weighted by molar-refractivity contribution is 7.92. The number of nitrogens with two attached hydrogens (primary N) is 1. The number of nitrogens with zero attached hydrogens (tertiary/aromatic N) is 2. The second-order valence-electron chi connectivity index (χ2n) is 5.15. The van der Waals surface area contributed by atoms with Gasteiger partial charge in [-0.05, 0) is 57.7 Å². The topological polar surface area (TPSA) is 66.6 Å². The molecule has 0 amide bonds. The summed E-state index contributed by atoms with van der Waals surface area (Å²) in [5, 5.41) is 0. The molecule has 0 saturated heterocycles. The molecule has 5 nitrogen and oxygen atoms in total. The molecule has 114 valence electrons. The third-order valence-electron chi connectivity index (χ3n) is 3.16. The fourth-order valence-corrected chi connectivity index (χ4v) is 3.11. The predicted octanol–water partition coefficient (Wildman–Crippen LogP) is 0.906. The minimum Gasteiger partial charge on any atom is -0.330 e. The maximum atomic E-state index is 12.2. The van der Waals surface area contributed by atoms with Crippen molar-refractivity contribution < 1.29 is 8.42 Å². The Hall–Kier alpha value is -1.11. The molecule has 20 heavy (non-hydrogen) atoms. The fourth-order valence-electron chi connectivity index (χ4n) is 1.90. The van der Waals surface area contributed by atoms with Crippen LogP contribution >= 0.6 is 0 Å². The Morgan fingerprint density at radius 2 is 1.70 bits per heavy atom. The molecule has 0 radical (unpaired) electrons. The highest BCUT2D eigenvalue weighted by atomic mass is 32.2. The van der Waals surface area contributed by atoms with E-state index in [9.17, 15) is 8.42 Å². The highest BCUT2D eigenvalue weighted by Crippen LogP contribution is 2.18. The molecular weight excluding hydrogens is 274 g/mol.